The van der Waals surface area contributed by atoms with Gasteiger partial charge in [0, 0.05) is 0 Å². The van der Waals surface area contributed by atoms with Crippen molar-refractivity contribution in [3.05, 3.63) is 0 Å². The van der Waals surface area contributed by atoms with Gasteiger partial charge in [0.1, 0.15) is 7.45 Å². The maximum Gasteiger partial charge on any atom is 0.320 e. The van der Waals surface area contributed by atoms with Crippen molar-refractivity contribution in [3.8, 4) is 0 Å². The van der Waals surface area contributed by atoms with Crippen molar-refractivity contribution in [3.63, 3.8) is 0 Å². The first-order valence-electron chi connectivity index (χ1n) is 3.54. The van der Waals surface area contributed by atoms with Crippen molar-refractivity contribution in [2.45, 2.75) is 18.9 Å². The Morgan fingerprint density at radius 1 is 2.12 bits per heavy atom. The van der Waals surface area contributed by atoms with E-state index in [0.717, 1.165) is 11.7 Å². The van der Waals surface area contributed by atoms with Crippen LogP contribution in [0.5, 0.6) is 0 Å². The number of carboxylic acids is 1. The molecule has 3 heteroatoms. The molecule has 0 saturated carbocycles. The van der Waals surface area contributed by atoms with Gasteiger partial charge < -0.3 is 10.4 Å². The number of aliphatic carboxylic acids is 1. The van der Waals surface area contributed by atoms with Crippen LogP contribution >= 0.6 is 0 Å². The van der Waals surface area contributed by atoms with E-state index in [9.17, 15) is 4.79 Å². The van der Waals surface area contributed by atoms with E-state index in [0.29, 0.717) is 13.0 Å². The van der Waals surface area contributed by atoms with Crippen molar-refractivity contribution in [2.75, 3.05) is 6.54 Å². The van der Waals surface area contributed by atoms with Gasteiger partial charge in [-0.25, -0.2) is 0 Å². The molecule has 3 nitrogen and oxygen atoms in total. The highest BCUT2D eigenvalue weighted by Gasteiger charge is 2.20. The maximum absolute atomic E-state index is 10.7. The molecule has 0 aromatic carbocycles. The Hall–Kier alpha value is -0.570. The Kier molecular flexibility index (Phi) is 0.921. The lowest BCUT2D eigenvalue weighted by Crippen LogP contribution is -2.29. The lowest BCUT2D eigenvalue weighted by molar-refractivity contribution is -0.139. The lowest BCUT2D eigenvalue weighted by atomic mass is 10.2. The van der Waals surface area contributed by atoms with Crippen LogP contribution in [0.15, 0.2) is 0 Å². The van der Waals surface area contributed by atoms with E-state index in [-0.39, 0.29) is 0 Å². The summed E-state index contributed by atoms with van der Waals surface area (Å²) in [7, 11) is 0. The molecule has 1 aliphatic rings. The second kappa shape index (κ2) is 2.13. The molecule has 0 amide bonds. The molecule has 2 N–H and O–H groups in total. The molecule has 46 valence electrons. The topological polar surface area (TPSA) is 49.3 Å². The zero-order valence-electron chi connectivity index (χ0n) is 6.46. The third-order valence-corrected chi connectivity index (χ3v) is 1.26. The van der Waals surface area contributed by atoms with Crippen molar-refractivity contribution in [2.24, 2.45) is 0 Å². The standard InChI is InChI=1S/C5H9NO2/c7-5(8)4-2-1-3-6-4/h4,6H,1-3H2,(H,7,8)/t4-/m0/s1/i/hD2. The summed E-state index contributed by atoms with van der Waals surface area (Å²) >= 11 is 0. The first-order chi connectivity index (χ1) is 4.75. The van der Waals surface area contributed by atoms with E-state index in [4.69, 9.17) is 2.84 Å². The van der Waals surface area contributed by atoms with Gasteiger partial charge in [-0.2, -0.15) is 0 Å². The van der Waals surface area contributed by atoms with Gasteiger partial charge in [-0.15, -0.1) is 0 Å². The molecule has 0 aliphatic carbocycles. The molecule has 0 unspecified atom stereocenters. The first-order valence-corrected chi connectivity index (χ1v) is 2.68. The number of carbonyl (C=O) groups is 1. The summed E-state index contributed by atoms with van der Waals surface area (Å²) in [6, 6.07) is -0.502. The maximum atomic E-state index is 10.7. The molecule has 0 spiro atoms. The van der Waals surface area contributed by atoms with Gasteiger partial charge in [0.15, 0.2) is 0 Å². The zero-order valence-corrected chi connectivity index (χ0v) is 4.46. The molecule has 1 heterocycles. The van der Waals surface area contributed by atoms with Crippen LogP contribution in [0, 0.1) is 0 Å². The molecule has 1 aliphatic heterocycles. The summed E-state index contributed by atoms with van der Waals surface area (Å²) in [6.07, 6.45) is 1.48. The smallest absolute Gasteiger partial charge is 0.320 e. The van der Waals surface area contributed by atoms with Gasteiger partial charge in [-0.3, -0.25) is 4.79 Å². The molecule has 0 radical (unpaired) electrons. The average Bonchev–Trinajstić information content (AvgIpc) is 2.34. The number of hydrogen-bond acceptors (Lipinski definition) is 3. The normalized spacial score (nSPS) is 33.8. The minimum Gasteiger partial charge on any atom is -0.480 e. The van der Waals surface area contributed by atoms with Crippen LogP contribution < -0.4 is 5.31 Å². The number of nitrogens with one attached hydrogen (secondary N) is 1. The van der Waals surface area contributed by atoms with E-state index < -0.39 is 12.0 Å². The molecule has 0 aromatic rings. The molecule has 8 heavy (non-hydrogen) atoms. The third-order valence-electron chi connectivity index (χ3n) is 1.26. The van der Waals surface area contributed by atoms with E-state index in [2.05, 4.69) is 5.11 Å². The highest BCUT2D eigenvalue weighted by molar-refractivity contribution is 5.73. The monoisotopic (exact) mass is 117 g/mol. The van der Waals surface area contributed by atoms with E-state index in [1.807, 2.05) is 0 Å². The predicted octanol–water partition coefficient (Wildman–Crippen LogP) is -0.177. The quantitative estimate of drug-likeness (QED) is 0.501. The van der Waals surface area contributed by atoms with Gasteiger partial charge in [-0.1, -0.05) is 0 Å². The summed E-state index contributed by atoms with van der Waals surface area (Å²) in [6.45, 7) is 0.597. The highest BCUT2D eigenvalue weighted by Crippen LogP contribution is 2.03. The summed E-state index contributed by atoms with van der Waals surface area (Å²) in [4.78, 5) is 10.7. The van der Waals surface area contributed by atoms with Gasteiger partial charge in [0.2, 0.25) is 0 Å². The van der Waals surface area contributed by atoms with E-state index in [1.54, 1.807) is 0 Å². The summed E-state index contributed by atoms with van der Waals surface area (Å²) in [5.41, 5.74) is 0. The Morgan fingerprint density at radius 2 is 3.00 bits per heavy atom. The molecular formula is C5H9NO2. The van der Waals surface area contributed by atoms with Gasteiger partial charge in [0.25, 0.3) is 1.43 Å². The highest BCUT2D eigenvalue weighted by atomic mass is 16.4. The molecule has 0 aromatic heterocycles. The lowest BCUT2D eigenvalue weighted by Gasteiger charge is -1.99. The summed E-state index contributed by atoms with van der Waals surface area (Å²) < 4.78 is 13.5. The first kappa shape index (κ1) is 3.45. The molecule has 1 saturated heterocycles. The van der Waals surface area contributed by atoms with E-state index >= 15 is 0 Å². The molecular weight excluding hydrogens is 106 g/mol. The van der Waals surface area contributed by atoms with Crippen LogP contribution in [0.3, 0.4) is 0 Å². The summed E-state index contributed by atoms with van der Waals surface area (Å²) in [5.74, 6) is -0.618. The van der Waals surface area contributed by atoms with Crippen LogP contribution in [0.2, 0.25) is 1.41 Å². The van der Waals surface area contributed by atoms with Crippen LogP contribution in [-0.4, -0.2) is 23.7 Å². The predicted molar refractivity (Wildman–Crippen MR) is 28.7 cm³/mol. The third kappa shape index (κ3) is 0.980. The van der Waals surface area contributed by atoms with Crippen molar-refractivity contribution >= 4 is 5.97 Å². The van der Waals surface area contributed by atoms with Gasteiger partial charge >= 0.3 is 5.97 Å². The second-order valence-electron chi connectivity index (χ2n) is 1.88. The van der Waals surface area contributed by atoms with Crippen molar-refractivity contribution in [1.82, 2.24) is 5.31 Å². The van der Waals surface area contributed by atoms with Crippen LogP contribution in [0.4, 0.5) is 0 Å². The Bertz CT molecular complexity index is 142. The fraction of sp³-hybridized carbons (Fsp3) is 0.800. The Labute approximate surface area is 50.7 Å². The zero-order chi connectivity index (χ0) is 7.56. The average molecular weight is 117 g/mol. The SMILES string of the molecule is [2H]OC(=O)[C@@H]1CCCN1[2H]. The minimum absolute atomic E-state index is 0.502. The Morgan fingerprint density at radius 3 is 3.50 bits per heavy atom. The van der Waals surface area contributed by atoms with Crippen LogP contribution in [0.25, 0.3) is 1.43 Å². The molecule has 1 atom stereocenters. The Balaban J connectivity index is 2.46. The molecule has 1 rings (SSSR count). The minimum atomic E-state index is -0.618. The van der Waals surface area contributed by atoms with Crippen molar-refractivity contribution in [1.29, 1.82) is 1.43 Å². The molecule has 0 bridgehead atoms. The van der Waals surface area contributed by atoms with Crippen LogP contribution in [-0.2, 0) is 4.79 Å². The fourth-order valence-corrected chi connectivity index (χ4v) is 0.815. The van der Waals surface area contributed by atoms with Gasteiger partial charge in [0.05, 0.1) is 0 Å². The van der Waals surface area contributed by atoms with E-state index in [1.165, 1.54) is 0 Å². The number of rotatable bonds is 1. The van der Waals surface area contributed by atoms with Crippen molar-refractivity contribution < 1.29 is 11.3 Å². The molecule has 1 fully saturated rings. The van der Waals surface area contributed by atoms with Gasteiger partial charge in [-0.05, 0) is 19.4 Å². The summed E-state index contributed by atoms with van der Waals surface area (Å²) in [5, 5.41) is 4.92. The number of hydrogen-bond donors (Lipinski definition) is 2. The van der Waals surface area contributed by atoms with Crippen LogP contribution in [0.1, 0.15) is 12.8 Å². The largest absolute Gasteiger partial charge is 0.480 e. The fourth-order valence-electron chi connectivity index (χ4n) is 0.815. The second-order valence-corrected chi connectivity index (χ2v) is 1.88. The number of carboxylic acid groups (broad SMARTS) is 1.